The molecule has 42 heavy (non-hydrogen) atoms. The van der Waals surface area contributed by atoms with Gasteiger partial charge in [-0.15, -0.1) is 0 Å². The van der Waals surface area contributed by atoms with Gasteiger partial charge < -0.3 is 19.5 Å². The Kier molecular flexibility index (Phi) is 7.07. The molecule has 4 aromatic carbocycles. The SMILES string of the molecule is COc1ccc(CN2C(=O)c3ccccc3-c3c(c4ccccc4n3Cc3ccccc3)C2C(=O)NC(C)(C)C)cc1. The number of carbonyl (C=O) groups is 2. The third kappa shape index (κ3) is 5.05. The summed E-state index contributed by atoms with van der Waals surface area (Å²) in [4.78, 5) is 30.7. The molecule has 212 valence electrons. The van der Waals surface area contributed by atoms with Crippen LogP contribution in [0.3, 0.4) is 0 Å². The van der Waals surface area contributed by atoms with Gasteiger partial charge in [0.15, 0.2) is 0 Å². The Labute approximate surface area is 246 Å². The van der Waals surface area contributed by atoms with E-state index in [4.69, 9.17) is 4.74 Å². The van der Waals surface area contributed by atoms with E-state index in [1.807, 2.05) is 99.6 Å². The first-order valence-electron chi connectivity index (χ1n) is 14.3. The number of hydrogen-bond donors (Lipinski definition) is 1. The second kappa shape index (κ2) is 10.9. The predicted molar refractivity (Wildman–Crippen MR) is 166 cm³/mol. The third-order valence-corrected chi connectivity index (χ3v) is 7.71. The minimum Gasteiger partial charge on any atom is -0.497 e. The number of ether oxygens (including phenoxy) is 1. The first-order chi connectivity index (χ1) is 20.2. The topological polar surface area (TPSA) is 63.6 Å². The van der Waals surface area contributed by atoms with Crippen LogP contribution in [0.1, 0.15) is 53.9 Å². The van der Waals surface area contributed by atoms with Gasteiger partial charge in [-0.3, -0.25) is 9.59 Å². The molecular formula is C36H35N3O3. The van der Waals surface area contributed by atoms with E-state index in [-0.39, 0.29) is 18.4 Å². The second-order valence-electron chi connectivity index (χ2n) is 11.8. The molecule has 5 aromatic rings. The van der Waals surface area contributed by atoms with Gasteiger partial charge in [-0.2, -0.15) is 0 Å². The van der Waals surface area contributed by atoms with Gasteiger partial charge in [0.2, 0.25) is 5.91 Å². The number of rotatable bonds is 6. The largest absolute Gasteiger partial charge is 0.497 e. The van der Waals surface area contributed by atoms with Crippen molar-refractivity contribution in [2.45, 2.75) is 45.4 Å². The summed E-state index contributed by atoms with van der Waals surface area (Å²) in [6.07, 6.45) is 0. The molecule has 6 rings (SSSR count). The molecule has 6 heteroatoms. The summed E-state index contributed by atoms with van der Waals surface area (Å²) in [7, 11) is 1.63. The van der Waals surface area contributed by atoms with Crippen LogP contribution in [0.25, 0.3) is 22.2 Å². The molecule has 1 aliphatic heterocycles. The number of methoxy groups -OCH3 is 1. The van der Waals surface area contributed by atoms with E-state index in [2.05, 4.69) is 34.1 Å². The first-order valence-corrected chi connectivity index (χ1v) is 14.3. The molecule has 1 unspecified atom stereocenters. The van der Waals surface area contributed by atoms with E-state index in [0.717, 1.165) is 44.6 Å². The minimum atomic E-state index is -0.858. The van der Waals surface area contributed by atoms with Crippen LogP contribution >= 0.6 is 0 Å². The quantitative estimate of drug-likeness (QED) is 0.245. The molecule has 0 spiro atoms. The molecule has 1 aromatic heterocycles. The number of carbonyl (C=O) groups excluding carboxylic acids is 2. The number of aromatic nitrogens is 1. The average Bonchev–Trinajstić information content (AvgIpc) is 3.24. The number of para-hydroxylation sites is 1. The van der Waals surface area contributed by atoms with Crippen molar-refractivity contribution in [2.24, 2.45) is 0 Å². The molecule has 0 saturated carbocycles. The number of fused-ring (bicyclic) bond motifs is 5. The fourth-order valence-corrected chi connectivity index (χ4v) is 5.93. The summed E-state index contributed by atoms with van der Waals surface area (Å²) >= 11 is 0. The summed E-state index contributed by atoms with van der Waals surface area (Å²) < 4.78 is 7.62. The van der Waals surface area contributed by atoms with Gasteiger partial charge in [-0.25, -0.2) is 0 Å². The van der Waals surface area contributed by atoms with E-state index in [0.29, 0.717) is 12.1 Å². The maximum Gasteiger partial charge on any atom is 0.255 e. The lowest BCUT2D eigenvalue weighted by atomic mass is 9.96. The Morgan fingerprint density at radius 3 is 2.10 bits per heavy atom. The molecule has 1 N–H and O–H groups in total. The van der Waals surface area contributed by atoms with Gasteiger partial charge in [-0.1, -0.05) is 78.9 Å². The van der Waals surface area contributed by atoms with Gasteiger partial charge in [-0.05, 0) is 56.2 Å². The zero-order valence-electron chi connectivity index (χ0n) is 24.4. The number of nitrogens with zero attached hydrogens (tertiary/aromatic N) is 2. The number of benzene rings is 4. The van der Waals surface area contributed by atoms with Gasteiger partial charge in [0.1, 0.15) is 11.8 Å². The van der Waals surface area contributed by atoms with Crippen molar-refractivity contribution in [2.75, 3.05) is 7.11 Å². The highest BCUT2D eigenvalue weighted by atomic mass is 16.5. The lowest BCUT2D eigenvalue weighted by Gasteiger charge is -2.33. The standard InChI is InChI=1S/C36H35N3O3/c1-36(2,3)37-34(40)33-31-29-16-10-11-17-30(29)38(22-24-12-6-5-7-13-24)32(31)27-14-8-9-15-28(27)35(41)39(33)23-25-18-20-26(42-4)21-19-25/h5-21,33H,22-23H2,1-4H3,(H,37,40). The van der Waals surface area contributed by atoms with Crippen molar-refractivity contribution >= 4 is 22.7 Å². The maximum absolute atomic E-state index is 14.5. The van der Waals surface area contributed by atoms with Crippen LogP contribution in [0.15, 0.2) is 103 Å². The normalized spacial score (nSPS) is 14.7. The Morgan fingerprint density at radius 2 is 1.40 bits per heavy atom. The summed E-state index contributed by atoms with van der Waals surface area (Å²) in [6.45, 7) is 6.76. The highest BCUT2D eigenvalue weighted by molar-refractivity contribution is 6.09. The zero-order chi connectivity index (χ0) is 29.4. The molecule has 0 saturated heterocycles. The number of amides is 2. The molecule has 1 aliphatic rings. The van der Waals surface area contributed by atoms with Crippen LogP contribution in [0.4, 0.5) is 0 Å². The monoisotopic (exact) mass is 557 g/mol. The van der Waals surface area contributed by atoms with Crippen LogP contribution in [-0.2, 0) is 17.9 Å². The average molecular weight is 558 g/mol. The van der Waals surface area contributed by atoms with E-state index >= 15 is 0 Å². The molecule has 0 radical (unpaired) electrons. The predicted octanol–water partition coefficient (Wildman–Crippen LogP) is 6.98. The van der Waals surface area contributed by atoms with Crippen molar-refractivity contribution < 1.29 is 14.3 Å². The van der Waals surface area contributed by atoms with E-state index in [9.17, 15) is 9.59 Å². The maximum atomic E-state index is 14.5. The van der Waals surface area contributed by atoms with E-state index < -0.39 is 11.6 Å². The zero-order valence-corrected chi connectivity index (χ0v) is 24.4. The van der Waals surface area contributed by atoms with E-state index in [1.165, 1.54) is 0 Å². The second-order valence-corrected chi connectivity index (χ2v) is 11.8. The lowest BCUT2D eigenvalue weighted by molar-refractivity contribution is -0.127. The molecule has 2 amide bonds. The minimum absolute atomic E-state index is 0.179. The van der Waals surface area contributed by atoms with Crippen LogP contribution in [0.5, 0.6) is 5.75 Å². The van der Waals surface area contributed by atoms with Gasteiger partial charge in [0.25, 0.3) is 5.91 Å². The lowest BCUT2D eigenvalue weighted by Crippen LogP contribution is -2.48. The van der Waals surface area contributed by atoms with Gasteiger partial charge in [0, 0.05) is 46.2 Å². The molecule has 0 fully saturated rings. The van der Waals surface area contributed by atoms with Crippen molar-refractivity contribution in [3.05, 3.63) is 125 Å². The highest BCUT2D eigenvalue weighted by Gasteiger charge is 2.42. The molecule has 6 nitrogen and oxygen atoms in total. The van der Waals surface area contributed by atoms with Gasteiger partial charge >= 0.3 is 0 Å². The summed E-state index contributed by atoms with van der Waals surface area (Å²) in [5.41, 5.74) is 5.73. The third-order valence-electron chi connectivity index (χ3n) is 7.71. The van der Waals surface area contributed by atoms with Crippen molar-refractivity contribution in [1.82, 2.24) is 14.8 Å². The molecule has 0 bridgehead atoms. The number of hydrogen-bond acceptors (Lipinski definition) is 3. The van der Waals surface area contributed by atoms with Crippen LogP contribution in [0, 0.1) is 0 Å². The van der Waals surface area contributed by atoms with Crippen LogP contribution in [-0.4, -0.2) is 33.9 Å². The molecule has 0 aliphatic carbocycles. The van der Waals surface area contributed by atoms with Crippen LogP contribution in [0.2, 0.25) is 0 Å². The Bertz CT molecular complexity index is 1770. The molecule has 1 atom stereocenters. The summed E-state index contributed by atoms with van der Waals surface area (Å²) in [5.74, 6) is 0.350. The van der Waals surface area contributed by atoms with Crippen molar-refractivity contribution in [3.63, 3.8) is 0 Å². The van der Waals surface area contributed by atoms with Gasteiger partial charge in [0.05, 0.1) is 12.8 Å². The summed E-state index contributed by atoms with van der Waals surface area (Å²) in [6, 6.07) is 33.0. The first kappa shape index (κ1) is 27.3. The van der Waals surface area contributed by atoms with Crippen molar-refractivity contribution in [3.8, 4) is 17.0 Å². The fraction of sp³-hybridized carbons (Fsp3) is 0.222. The number of nitrogens with one attached hydrogen (secondary N) is 1. The molecular weight excluding hydrogens is 522 g/mol. The smallest absolute Gasteiger partial charge is 0.255 e. The highest BCUT2D eigenvalue weighted by Crippen LogP contribution is 2.45. The van der Waals surface area contributed by atoms with Crippen LogP contribution < -0.4 is 10.1 Å². The van der Waals surface area contributed by atoms with E-state index in [1.54, 1.807) is 12.0 Å². The Morgan fingerprint density at radius 1 is 0.786 bits per heavy atom. The Balaban J connectivity index is 1.64. The Hall–Kier alpha value is -4.84. The molecule has 2 heterocycles. The summed E-state index contributed by atoms with van der Waals surface area (Å²) in [5, 5.41) is 4.16. The fourth-order valence-electron chi connectivity index (χ4n) is 5.93. The van der Waals surface area contributed by atoms with Crippen molar-refractivity contribution in [1.29, 1.82) is 0 Å².